The Labute approximate surface area is 85.1 Å². The van der Waals surface area contributed by atoms with Gasteiger partial charge in [0.05, 0.1) is 8.07 Å². The van der Waals surface area contributed by atoms with Crippen LogP contribution in [0.3, 0.4) is 0 Å². The van der Waals surface area contributed by atoms with E-state index in [1.54, 1.807) is 24.9 Å². The van der Waals surface area contributed by atoms with Gasteiger partial charge in [-0.2, -0.15) is 0 Å². The van der Waals surface area contributed by atoms with E-state index in [1.807, 2.05) is 0 Å². The van der Waals surface area contributed by atoms with Gasteiger partial charge in [-0.1, -0.05) is 58.3 Å². The van der Waals surface area contributed by atoms with Gasteiger partial charge in [0.2, 0.25) is 0 Å². The molecule has 0 bridgehead atoms. The molecular formula is C12H26Si. The van der Waals surface area contributed by atoms with Crippen LogP contribution < -0.4 is 0 Å². The molecule has 0 aromatic rings. The average Bonchev–Trinajstić information content (AvgIpc) is 2.09. The Morgan fingerprint density at radius 2 is 1.77 bits per heavy atom. The van der Waals surface area contributed by atoms with Gasteiger partial charge < -0.3 is 0 Å². The Kier molecular flexibility index (Phi) is 4.02. The molecular weight excluding hydrogens is 172 g/mol. The van der Waals surface area contributed by atoms with Crippen molar-refractivity contribution in [3.63, 3.8) is 0 Å². The largest absolute Gasteiger partial charge is 0.0692 e. The maximum absolute atomic E-state index is 2.61. The summed E-state index contributed by atoms with van der Waals surface area (Å²) in [7, 11) is -0.703. The first-order valence-corrected chi connectivity index (χ1v) is 9.18. The molecule has 0 N–H and O–H groups in total. The summed E-state index contributed by atoms with van der Waals surface area (Å²) in [6, 6.07) is 4.74. The Bertz CT molecular complexity index is 143. The van der Waals surface area contributed by atoms with Crippen LogP contribution in [0.2, 0.25) is 24.7 Å². The van der Waals surface area contributed by atoms with Crippen LogP contribution in [-0.4, -0.2) is 8.07 Å². The zero-order valence-corrected chi connectivity index (χ0v) is 10.9. The van der Waals surface area contributed by atoms with E-state index in [9.17, 15) is 0 Å². The minimum Gasteiger partial charge on any atom is -0.0692 e. The molecule has 0 nitrogen and oxygen atoms in total. The summed E-state index contributed by atoms with van der Waals surface area (Å²) in [5, 5.41) is 0. The number of hydrogen-bond acceptors (Lipinski definition) is 0. The highest BCUT2D eigenvalue weighted by Gasteiger charge is 2.31. The molecule has 1 aliphatic heterocycles. The predicted octanol–water partition coefficient (Wildman–Crippen LogP) is 4.54. The molecule has 0 aromatic carbocycles. The van der Waals surface area contributed by atoms with Crippen molar-refractivity contribution < 1.29 is 0 Å². The van der Waals surface area contributed by atoms with E-state index in [1.165, 1.54) is 12.5 Å². The Hall–Kier alpha value is 0.217. The average molecular weight is 198 g/mol. The van der Waals surface area contributed by atoms with E-state index < -0.39 is 8.07 Å². The van der Waals surface area contributed by atoms with E-state index in [4.69, 9.17) is 0 Å². The molecule has 0 aromatic heterocycles. The normalized spacial score (nSPS) is 35.3. The molecule has 78 valence electrons. The van der Waals surface area contributed by atoms with Gasteiger partial charge in [-0.25, -0.2) is 0 Å². The molecule has 0 amide bonds. The van der Waals surface area contributed by atoms with Crippen LogP contribution in [0.25, 0.3) is 0 Å². The van der Waals surface area contributed by atoms with Crippen molar-refractivity contribution in [2.75, 3.05) is 0 Å². The SMILES string of the molecule is CC[Si]1(C)CCC(CC(C)C)CC1. The van der Waals surface area contributed by atoms with Crippen molar-refractivity contribution in [2.24, 2.45) is 11.8 Å². The summed E-state index contributed by atoms with van der Waals surface area (Å²) in [5.74, 6) is 1.99. The molecule has 1 heteroatoms. The van der Waals surface area contributed by atoms with Gasteiger partial charge in [0.25, 0.3) is 0 Å². The maximum Gasteiger partial charge on any atom is 0.0502 e. The Morgan fingerprint density at radius 1 is 1.23 bits per heavy atom. The van der Waals surface area contributed by atoms with Crippen molar-refractivity contribution in [2.45, 2.75) is 64.7 Å². The fourth-order valence-corrected chi connectivity index (χ4v) is 5.80. The molecule has 13 heavy (non-hydrogen) atoms. The highest BCUT2D eigenvalue weighted by molar-refractivity contribution is 6.78. The van der Waals surface area contributed by atoms with Gasteiger partial charge >= 0.3 is 0 Å². The first-order chi connectivity index (χ1) is 6.06. The van der Waals surface area contributed by atoms with E-state index in [-0.39, 0.29) is 0 Å². The van der Waals surface area contributed by atoms with Crippen molar-refractivity contribution in [3.05, 3.63) is 0 Å². The molecule has 0 atom stereocenters. The molecule has 0 radical (unpaired) electrons. The molecule has 1 aliphatic rings. The summed E-state index contributed by atoms with van der Waals surface area (Å²) in [4.78, 5) is 0. The lowest BCUT2D eigenvalue weighted by atomic mass is 9.92. The standard InChI is InChI=1S/C12H26Si/c1-5-13(4)8-6-12(7-9-13)10-11(2)3/h11-12H,5-10H2,1-4H3. The smallest absolute Gasteiger partial charge is 0.0502 e. The first kappa shape index (κ1) is 11.3. The topological polar surface area (TPSA) is 0 Å². The molecule has 0 unspecified atom stereocenters. The fraction of sp³-hybridized carbons (Fsp3) is 1.00. The lowest BCUT2D eigenvalue weighted by molar-refractivity contribution is 0.374. The van der Waals surface area contributed by atoms with Crippen molar-refractivity contribution in [3.8, 4) is 0 Å². The molecule has 1 saturated heterocycles. The molecule has 1 rings (SSSR count). The second-order valence-electron chi connectivity index (χ2n) is 5.74. The molecule has 1 heterocycles. The maximum atomic E-state index is 2.61. The highest BCUT2D eigenvalue weighted by atomic mass is 28.3. The lowest BCUT2D eigenvalue weighted by Gasteiger charge is -2.35. The van der Waals surface area contributed by atoms with Crippen molar-refractivity contribution in [1.82, 2.24) is 0 Å². The van der Waals surface area contributed by atoms with E-state index in [0.717, 1.165) is 11.8 Å². The van der Waals surface area contributed by atoms with Gasteiger partial charge in [0.15, 0.2) is 0 Å². The summed E-state index contributed by atoms with van der Waals surface area (Å²) < 4.78 is 0. The summed E-state index contributed by atoms with van der Waals surface area (Å²) in [6.45, 7) is 9.75. The van der Waals surface area contributed by atoms with Crippen LogP contribution in [0.4, 0.5) is 0 Å². The minimum atomic E-state index is -0.703. The van der Waals surface area contributed by atoms with Gasteiger partial charge in [-0.15, -0.1) is 0 Å². The fourth-order valence-electron chi connectivity index (χ4n) is 2.63. The monoisotopic (exact) mass is 198 g/mol. The molecule has 0 spiro atoms. The van der Waals surface area contributed by atoms with Crippen molar-refractivity contribution in [1.29, 1.82) is 0 Å². The van der Waals surface area contributed by atoms with Crippen LogP contribution in [0, 0.1) is 11.8 Å². The summed E-state index contributed by atoms with van der Waals surface area (Å²) in [6.07, 6.45) is 4.58. The second-order valence-corrected chi connectivity index (χ2v) is 11.1. The number of rotatable bonds is 3. The van der Waals surface area contributed by atoms with Crippen LogP contribution in [0.15, 0.2) is 0 Å². The molecule has 0 aliphatic carbocycles. The summed E-state index contributed by atoms with van der Waals surface area (Å²) >= 11 is 0. The lowest BCUT2D eigenvalue weighted by Crippen LogP contribution is -2.34. The van der Waals surface area contributed by atoms with Crippen LogP contribution >= 0.6 is 0 Å². The van der Waals surface area contributed by atoms with E-state index >= 15 is 0 Å². The zero-order chi connectivity index (χ0) is 9.90. The van der Waals surface area contributed by atoms with Gasteiger partial charge in [0.1, 0.15) is 0 Å². The Morgan fingerprint density at radius 3 is 2.15 bits per heavy atom. The quantitative estimate of drug-likeness (QED) is 0.584. The summed E-state index contributed by atoms with van der Waals surface area (Å²) in [5.41, 5.74) is 0. The van der Waals surface area contributed by atoms with Gasteiger partial charge in [-0.3, -0.25) is 0 Å². The van der Waals surface area contributed by atoms with E-state index in [0.29, 0.717) is 0 Å². The van der Waals surface area contributed by atoms with Crippen molar-refractivity contribution >= 4 is 8.07 Å². The van der Waals surface area contributed by atoms with Gasteiger partial charge in [0, 0.05) is 0 Å². The minimum absolute atomic E-state index is 0.703. The first-order valence-electron chi connectivity index (χ1n) is 6.06. The van der Waals surface area contributed by atoms with Crippen LogP contribution in [0.5, 0.6) is 0 Å². The Balaban J connectivity index is 2.30. The van der Waals surface area contributed by atoms with Crippen LogP contribution in [0.1, 0.15) is 40.0 Å². The molecule has 0 saturated carbocycles. The predicted molar refractivity (Wildman–Crippen MR) is 63.9 cm³/mol. The zero-order valence-electron chi connectivity index (χ0n) is 9.90. The van der Waals surface area contributed by atoms with Gasteiger partial charge in [-0.05, 0) is 18.3 Å². The second kappa shape index (κ2) is 4.63. The third kappa shape index (κ3) is 3.45. The van der Waals surface area contributed by atoms with Crippen LogP contribution in [-0.2, 0) is 0 Å². The van der Waals surface area contributed by atoms with E-state index in [2.05, 4.69) is 27.3 Å². The highest BCUT2D eigenvalue weighted by Crippen LogP contribution is 2.37. The third-order valence-corrected chi connectivity index (χ3v) is 8.67. The molecule has 1 fully saturated rings. The third-order valence-electron chi connectivity index (χ3n) is 3.97. The number of hydrogen-bond donors (Lipinski definition) is 0.